The fraction of sp³-hybridized carbons (Fsp3) is 0.163. The van der Waals surface area contributed by atoms with Gasteiger partial charge in [0, 0.05) is 142 Å². The lowest BCUT2D eigenvalue weighted by molar-refractivity contribution is -0.385. The number of pyridine rings is 5. The molecule has 47 heteroatoms. The van der Waals surface area contributed by atoms with Crippen LogP contribution in [0.5, 0.6) is 5.75 Å². The Morgan fingerprint density at radius 3 is 1.43 bits per heavy atom. The second-order valence-corrected chi connectivity index (χ2v) is 27.4. The maximum atomic E-state index is 12.1. The number of aromatic amines is 2. The molecule has 0 aliphatic rings. The number of nitrogens with two attached hydrogens (primary N) is 6. The molecule has 127 heavy (non-hydrogen) atoms. The number of anilines is 6. The maximum absolute atomic E-state index is 12.1. The second kappa shape index (κ2) is 53.3. The molecular weight excluding hydrogens is 1740 g/mol. The Hall–Kier alpha value is -16.6. The lowest BCUT2D eigenvalue weighted by atomic mass is 10.2. The number of nitriles is 6. The quantitative estimate of drug-likeness (QED) is 0.00691. The van der Waals surface area contributed by atoms with E-state index in [-0.39, 0.29) is 111 Å². The van der Waals surface area contributed by atoms with Gasteiger partial charge in [0.1, 0.15) is 145 Å². The Balaban J connectivity index is 0.000000369. The number of rotatable bonds is 15. The fourth-order valence-corrected chi connectivity index (χ4v) is 11.0. The van der Waals surface area contributed by atoms with Gasteiger partial charge < -0.3 is 82.1 Å². The van der Waals surface area contributed by atoms with Crippen LogP contribution in [0.3, 0.4) is 0 Å². The van der Waals surface area contributed by atoms with Crippen molar-refractivity contribution in [3.8, 4) is 53.5 Å². The van der Waals surface area contributed by atoms with Crippen molar-refractivity contribution in [3.63, 3.8) is 0 Å². The van der Waals surface area contributed by atoms with Gasteiger partial charge in [0.25, 0.3) is 20.4 Å². The van der Waals surface area contributed by atoms with Gasteiger partial charge in [-0.15, -0.1) is 0 Å². The molecule has 658 valence electrons. The average molecular weight is 1820 g/mol. The number of H-pyrrole nitrogens is 2. The minimum atomic E-state index is -3.80. The van der Waals surface area contributed by atoms with E-state index in [0.29, 0.717) is 69.6 Å². The van der Waals surface area contributed by atoms with Crippen molar-refractivity contribution in [3.05, 3.63) is 294 Å². The summed E-state index contributed by atoms with van der Waals surface area (Å²) in [6, 6.07) is 39.4. The highest BCUT2D eigenvalue weighted by molar-refractivity contribution is 8.13. The van der Waals surface area contributed by atoms with E-state index in [9.17, 15) is 52.2 Å². The summed E-state index contributed by atoms with van der Waals surface area (Å²) in [7, 11) is 13.4. The highest BCUT2D eigenvalue weighted by Crippen LogP contribution is 2.31. The van der Waals surface area contributed by atoms with E-state index in [1.165, 1.54) is 105 Å². The first kappa shape index (κ1) is 105. The SMILES string of the molecule is CCOC(/C=C/N(C)C)=C(C#N)C#N.CCOC(C)=C(C#N)C#N.COC(OC)N(C)C.COc1ccnc(N)c1C#N.N#Cc1c(N)[nH]ccc1=O.Nc1ccc(-n2ccc(=O)c3c(N)ncnc32)cc1.Nc1ncnc2[nH]ccc(=O)c12.Nc1ncnc2c1c(=O)ccn2-c1ccc([N+](=O)[O-])cc1.O=S(=O)(Cl)c1cccc(Cl)c1Cl.O=[N+]([O-])c1ccc(F)cc1. The number of allylic oxidation sites excluding steroid dienone is 4. The Labute approximate surface area is 737 Å². The molecule has 42 nitrogen and oxygen atoms in total. The number of methoxy groups -OCH3 is 3. The molecule has 0 fully saturated rings. The zero-order valence-corrected chi connectivity index (χ0v) is 71.9. The first-order valence-corrected chi connectivity index (χ1v) is 38.5. The van der Waals surface area contributed by atoms with Crippen LogP contribution in [-0.4, -0.2) is 151 Å². The van der Waals surface area contributed by atoms with Crippen molar-refractivity contribution in [2.75, 3.05) is 97.1 Å². The van der Waals surface area contributed by atoms with Crippen molar-refractivity contribution >= 4 is 122 Å². The van der Waals surface area contributed by atoms with E-state index in [4.69, 9.17) is 124 Å². The predicted molar refractivity (Wildman–Crippen MR) is 473 cm³/mol. The molecule has 0 amide bonds. The summed E-state index contributed by atoms with van der Waals surface area (Å²) in [4.78, 5) is 101. The van der Waals surface area contributed by atoms with Crippen molar-refractivity contribution < 1.29 is 46.3 Å². The molecule has 0 unspecified atom stereocenters. The van der Waals surface area contributed by atoms with Gasteiger partial charge in [-0.2, -0.15) is 31.6 Å². The third-order valence-corrected chi connectivity index (χ3v) is 17.4. The minimum Gasteiger partial charge on any atom is -0.496 e. The molecule has 0 spiro atoms. The number of fused-ring (bicyclic) bond motifs is 3. The van der Waals surface area contributed by atoms with Crippen LogP contribution in [0.4, 0.5) is 50.5 Å². The summed E-state index contributed by atoms with van der Waals surface area (Å²) in [6.45, 7) is 6.12. The van der Waals surface area contributed by atoms with Crippen LogP contribution in [0.25, 0.3) is 44.5 Å². The minimum absolute atomic E-state index is 0.00931. The van der Waals surface area contributed by atoms with Crippen LogP contribution in [0, 0.1) is 94.0 Å². The Morgan fingerprint density at radius 1 is 0.583 bits per heavy atom. The molecule has 0 atom stereocenters. The molecular formula is C80H79Cl3FN27O15S. The molecule has 8 heterocycles. The van der Waals surface area contributed by atoms with Crippen molar-refractivity contribution in [2.24, 2.45) is 0 Å². The lowest BCUT2D eigenvalue weighted by Gasteiger charge is -2.19. The van der Waals surface area contributed by atoms with E-state index < -0.39 is 24.7 Å². The summed E-state index contributed by atoms with van der Waals surface area (Å²) >= 11 is 11.1. The third kappa shape index (κ3) is 32.7. The molecule has 14 N–H and O–H groups in total. The van der Waals surface area contributed by atoms with E-state index >= 15 is 0 Å². The first-order valence-electron chi connectivity index (χ1n) is 35.5. The third-order valence-electron chi connectivity index (χ3n) is 15.1. The highest BCUT2D eigenvalue weighted by atomic mass is 35.7. The molecule has 0 bridgehead atoms. The molecule has 0 saturated carbocycles. The van der Waals surface area contributed by atoms with Crippen LogP contribution < -0.4 is 60.9 Å². The van der Waals surface area contributed by atoms with Crippen LogP contribution in [0.1, 0.15) is 31.9 Å². The number of nitrogens with zero attached hydrogens (tertiary/aromatic N) is 19. The van der Waals surface area contributed by atoms with Gasteiger partial charge in [-0.1, -0.05) is 29.3 Å². The monoisotopic (exact) mass is 1810 g/mol. The van der Waals surface area contributed by atoms with E-state index in [2.05, 4.69) is 44.9 Å². The second-order valence-electron chi connectivity index (χ2n) is 24.1. The standard InChI is InChI=1S/C13H9N5O3.C13H11N5O.C10H13N3O.C7H6N4O.C7H7N3O.C7H8N2O.C6H3Cl3O2S.C6H4FNO2.C6H5N3O.C5H13NO2/c14-12-11-10(19)5-6-17(13(11)16-7-15-12)8-1-3-9(4-2-8)18(20)21;14-8-1-3-9(4-2-8)18-6-5-10(19)11-12(15)16-7-17-13(11)18;1-4-14-10(5-6-13(2)3)9(7-11)8-12;8-6-5-4(12)1-2-9-7(5)11-3-10-6;1-11-6-2-3-10-7(9)5(6)4-8;1-3-10-6(2)7(4-8)5-9;7-4-2-1-3-5(6(4)8)12(9,10)11;7-5-1-3-6(4-2-5)8(9)10;7-3-4-5(10)1-2-9-6(4)8;1-6(2)5(7-3)8-4/h1-7H,(H2,14,15,16);1-7H,14H2,(H2,15,16,17);5-6H,4H2,1-3H3;1-3H,(H3,8,9,10,11,12);2-3H,1H3,(H2,9,10);3H2,1-2H3;1-3H;1-4H;1-2H,(H3,8,9,10);5H,1-4H3/b;;6-5+;;;;;;;. The molecule has 0 saturated heterocycles. The van der Waals surface area contributed by atoms with Crippen LogP contribution in [0.2, 0.25) is 10.0 Å². The van der Waals surface area contributed by atoms with Gasteiger partial charge in [0.05, 0.1) is 40.2 Å². The van der Waals surface area contributed by atoms with Crippen LogP contribution in [-0.2, 0) is 28.0 Å². The van der Waals surface area contributed by atoms with Gasteiger partial charge in [0.2, 0.25) is 11.8 Å². The normalized spacial score (nSPS) is 9.87. The van der Waals surface area contributed by atoms with E-state index in [1.807, 2.05) is 51.3 Å². The number of hydrogen-bond donors (Lipinski definition) is 8. The Kier molecular flexibility index (Phi) is 43.9. The number of hydrogen-bond acceptors (Lipinski definition) is 36. The summed E-state index contributed by atoms with van der Waals surface area (Å²) in [6.07, 6.45) is 14.6. The number of benzene rings is 4. The lowest BCUT2D eigenvalue weighted by Crippen LogP contribution is -2.30. The predicted octanol–water partition coefficient (Wildman–Crippen LogP) is 10.0. The number of nitro benzene ring substituents is 2. The molecule has 8 aromatic heterocycles. The highest BCUT2D eigenvalue weighted by Gasteiger charge is 2.18. The van der Waals surface area contributed by atoms with Gasteiger partial charge in [-0.05, 0) is 108 Å². The number of ether oxygens (including phenoxy) is 5. The van der Waals surface area contributed by atoms with Gasteiger partial charge in [-0.3, -0.25) is 44.3 Å². The molecule has 12 aromatic rings. The number of halogens is 4. The number of nitro groups is 2. The van der Waals surface area contributed by atoms with E-state index in [1.54, 1.807) is 128 Å². The zero-order chi connectivity index (χ0) is 95.2. The summed E-state index contributed by atoms with van der Waals surface area (Å²) in [5.74, 6) is 1.51. The topological polar surface area (TPSA) is 672 Å². The number of aromatic nitrogens is 11. The van der Waals surface area contributed by atoms with Crippen molar-refractivity contribution in [2.45, 2.75) is 32.1 Å². The Bertz CT molecular complexity index is 6500. The molecule has 0 aliphatic heterocycles. The smallest absolute Gasteiger partial charge is 0.269 e. The number of nitrogen functional groups attached to an aromatic ring is 6. The summed E-state index contributed by atoms with van der Waals surface area (Å²) in [5, 5.41) is 72.5. The summed E-state index contributed by atoms with van der Waals surface area (Å²) in [5.41, 5.74) is 35.9. The van der Waals surface area contributed by atoms with Gasteiger partial charge in [-0.25, -0.2) is 47.7 Å². The maximum Gasteiger partial charge on any atom is 0.269 e. The van der Waals surface area contributed by atoms with Gasteiger partial charge >= 0.3 is 0 Å². The largest absolute Gasteiger partial charge is 0.496 e. The Morgan fingerprint density at radius 2 is 1.04 bits per heavy atom. The van der Waals surface area contributed by atoms with Crippen LogP contribution in [0.15, 0.2) is 230 Å². The molecule has 12 rings (SSSR count). The van der Waals surface area contributed by atoms with Gasteiger partial charge in [0.15, 0.2) is 38.7 Å². The molecule has 0 radical (unpaired) electrons. The van der Waals surface area contributed by atoms with Crippen LogP contribution >= 0.6 is 33.9 Å². The average Bonchev–Trinajstić information content (AvgIpc) is 0.784. The number of non-ortho nitro benzene ring substituents is 2. The van der Waals surface area contributed by atoms with E-state index in [0.717, 1.165) is 30.0 Å². The zero-order valence-electron chi connectivity index (χ0n) is 68.8. The molecule has 4 aromatic carbocycles. The molecule has 0 aliphatic carbocycles. The van der Waals surface area contributed by atoms with Crippen molar-refractivity contribution in [1.29, 1.82) is 31.6 Å². The number of nitrogens with one attached hydrogen (secondary N) is 2. The summed E-state index contributed by atoms with van der Waals surface area (Å²) < 4.78 is 61.9. The fourth-order valence-electron chi connectivity index (χ4n) is 9.31. The first-order chi connectivity index (χ1) is 60.3. The van der Waals surface area contributed by atoms with Crippen molar-refractivity contribution in [1.82, 2.24) is 63.8 Å².